The minimum Gasteiger partial charge on any atom is -0.379 e. The summed E-state index contributed by atoms with van der Waals surface area (Å²) in [6.45, 7) is 1.23. The lowest BCUT2D eigenvalue weighted by atomic mass is 10.2. The molecule has 0 atom stereocenters. The van der Waals surface area contributed by atoms with E-state index in [1.165, 1.54) is 28.8 Å². The van der Waals surface area contributed by atoms with Crippen molar-refractivity contribution in [1.82, 2.24) is 14.7 Å². The van der Waals surface area contributed by atoms with Crippen LogP contribution in [0.25, 0.3) is 0 Å². The van der Waals surface area contributed by atoms with Gasteiger partial charge in [-0.1, -0.05) is 6.07 Å². The zero-order valence-corrected chi connectivity index (χ0v) is 15.1. The Balaban J connectivity index is 1.56. The minimum atomic E-state index is -3.85. The summed E-state index contributed by atoms with van der Waals surface area (Å²) in [6, 6.07) is 11.3. The van der Waals surface area contributed by atoms with Gasteiger partial charge in [0.1, 0.15) is 11.4 Å². The fraction of sp³-hybridized carbons (Fsp3) is 0.235. The van der Waals surface area contributed by atoms with E-state index in [4.69, 9.17) is 8.92 Å². The highest BCUT2D eigenvalue weighted by Gasteiger charge is 2.26. The molecule has 2 aromatic rings. The molecule has 0 radical (unpaired) electrons. The molecule has 0 unspecified atom stereocenters. The number of carbonyl (C=O) groups excluding carboxylic acids is 1. The minimum absolute atomic E-state index is 0.191. The number of amides is 1. The molecule has 27 heavy (non-hydrogen) atoms. The van der Waals surface area contributed by atoms with E-state index in [1.54, 1.807) is 30.3 Å². The number of nitrogens with one attached hydrogen (secondary N) is 1. The van der Waals surface area contributed by atoms with Crippen LogP contribution in [0.5, 0.6) is 5.75 Å². The molecule has 3 rings (SSSR count). The van der Waals surface area contributed by atoms with Gasteiger partial charge in [-0.05, 0) is 42.0 Å². The molecule has 10 heteroatoms. The fourth-order valence-electron chi connectivity index (χ4n) is 2.27. The Kier molecular flexibility index (Phi) is 6.12. The molecule has 2 heterocycles. The first kappa shape index (κ1) is 19.0. The normalized spacial score (nSPS) is 15.6. The largest absolute Gasteiger partial charge is 0.385 e. The Morgan fingerprint density at radius 3 is 2.59 bits per heavy atom. The second-order valence-electron chi connectivity index (χ2n) is 5.54. The first-order chi connectivity index (χ1) is 13.0. The summed E-state index contributed by atoms with van der Waals surface area (Å²) >= 11 is 0. The van der Waals surface area contributed by atoms with E-state index in [0.29, 0.717) is 18.8 Å². The van der Waals surface area contributed by atoms with E-state index in [9.17, 15) is 13.2 Å². The molecule has 0 saturated carbocycles. The molecule has 1 N–H and O–H groups in total. The van der Waals surface area contributed by atoms with Gasteiger partial charge < -0.3 is 8.92 Å². The molecule has 1 saturated heterocycles. The van der Waals surface area contributed by atoms with E-state index < -0.39 is 16.2 Å². The number of benzene rings is 1. The number of carbonyl (C=O) groups is 1. The van der Waals surface area contributed by atoms with Crippen molar-refractivity contribution >= 4 is 22.4 Å². The average molecular weight is 390 g/mol. The standard InChI is InChI=1S/C17H18N4O5S/c22-17(16-3-1-2-8-18-16)20-19-13-14-4-6-15(7-5-14)26-27(23,24)21-9-11-25-12-10-21/h1-8,13H,9-12H2,(H,20,22)/b19-13+. The van der Waals surface area contributed by atoms with Crippen LogP contribution in [0.2, 0.25) is 0 Å². The zero-order valence-electron chi connectivity index (χ0n) is 14.3. The number of ether oxygens (including phenoxy) is 1. The van der Waals surface area contributed by atoms with E-state index in [0.717, 1.165) is 0 Å². The van der Waals surface area contributed by atoms with Crippen molar-refractivity contribution in [1.29, 1.82) is 0 Å². The van der Waals surface area contributed by atoms with Crippen LogP contribution in [-0.4, -0.2) is 56.1 Å². The predicted molar refractivity (Wildman–Crippen MR) is 97.7 cm³/mol. The highest BCUT2D eigenvalue weighted by Crippen LogP contribution is 2.16. The van der Waals surface area contributed by atoms with Crippen molar-refractivity contribution in [2.45, 2.75) is 0 Å². The van der Waals surface area contributed by atoms with Crippen molar-refractivity contribution in [2.24, 2.45) is 5.10 Å². The molecular weight excluding hydrogens is 372 g/mol. The lowest BCUT2D eigenvalue weighted by Gasteiger charge is -2.25. The van der Waals surface area contributed by atoms with Crippen LogP contribution >= 0.6 is 0 Å². The van der Waals surface area contributed by atoms with Gasteiger partial charge in [-0.25, -0.2) is 5.43 Å². The Morgan fingerprint density at radius 1 is 1.19 bits per heavy atom. The Labute approximate surface area is 156 Å². The summed E-state index contributed by atoms with van der Waals surface area (Å²) < 4.78 is 35.9. The first-order valence-electron chi connectivity index (χ1n) is 8.16. The molecule has 1 aliphatic heterocycles. The van der Waals surface area contributed by atoms with Crippen molar-refractivity contribution in [3.05, 3.63) is 59.9 Å². The summed E-state index contributed by atoms with van der Waals surface area (Å²) in [6.07, 6.45) is 2.95. The van der Waals surface area contributed by atoms with Gasteiger partial charge in [-0.15, -0.1) is 0 Å². The van der Waals surface area contributed by atoms with Crippen LogP contribution in [0.15, 0.2) is 53.8 Å². The Morgan fingerprint density at radius 2 is 1.93 bits per heavy atom. The Hall–Kier alpha value is -2.82. The van der Waals surface area contributed by atoms with Gasteiger partial charge in [0.2, 0.25) is 0 Å². The smallest absolute Gasteiger partial charge is 0.379 e. The quantitative estimate of drug-likeness (QED) is 0.577. The maximum atomic E-state index is 12.2. The highest BCUT2D eigenvalue weighted by atomic mass is 32.2. The number of rotatable bonds is 6. The van der Waals surface area contributed by atoms with Gasteiger partial charge in [0.05, 0.1) is 19.4 Å². The molecule has 1 aromatic carbocycles. The molecule has 1 fully saturated rings. The molecule has 1 aromatic heterocycles. The fourth-order valence-corrected chi connectivity index (χ4v) is 3.33. The van der Waals surface area contributed by atoms with Crippen LogP contribution in [0.3, 0.4) is 0 Å². The number of aromatic nitrogens is 1. The average Bonchev–Trinajstić information content (AvgIpc) is 2.70. The molecule has 0 aliphatic carbocycles. The number of nitrogens with zero attached hydrogens (tertiary/aromatic N) is 3. The maximum absolute atomic E-state index is 12.2. The molecule has 0 bridgehead atoms. The van der Waals surface area contributed by atoms with Crippen LogP contribution in [0, 0.1) is 0 Å². The Bertz CT molecular complexity index is 895. The van der Waals surface area contributed by atoms with E-state index in [-0.39, 0.29) is 24.5 Å². The predicted octanol–water partition coefficient (Wildman–Crippen LogP) is 0.801. The molecule has 1 aliphatic rings. The van der Waals surface area contributed by atoms with Crippen LogP contribution in [0.4, 0.5) is 0 Å². The third-order valence-electron chi connectivity index (χ3n) is 3.65. The second kappa shape index (κ2) is 8.71. The molecule has 142 valence electrons. The van der Waals surface area contributed by atoms with E-state index >= 15 is 0 Å². The van der Waals surface area contributed by atoms with E-state index in [1.807, 2.05) is 0 Å². The third kappa shape index (κ3) is 5.33. The third-order valence-corrected chi connectivity index (χ3v) is 5.05. The zero-order chi connectivity index (χ0) is 19.1. The van der Waals surface area contributed by atoms with Gasteiger partial charge in [0.25, 0.3) is 5.91 Å². The van der Waals surface area contributed by atoms with E-state index in [2.05, 4.69) is 15.5 Å². The molecule has 0 spiro atoms. The lowest BCUT2D eigenvalue weighted by molar-refractivity contribution is 0.0698. The summed E-state index contributed by atoms with van der Waals surface area (Å²) in [7, 11) is -3.85. The van der Waals surface area contributed by atoms with Crippen molar-refractivity contribution in [2.75, 3.05) is 26.3 Å². The van der Waals surface area contributed by atoms with Gasteiger partial charge in [-0.3, -0.25) is 9.78 Å². The van der Waals surface area contributed by atoms with Gasteiger partial charge in [0, 0.05) is 19.3 Å². The number of pyridine rings is 1. The summed E-state index contributed by atoms with van der Waals surface area (Å²) in [5.41, 5.74) is 3.28. The summed E-state index contributed by atoms with van der Waals surface area (Å²) in [5, 5.41) is 3.85. The molecular formula is C17H18N4O5S. The maximum Gasteiger partial charge on any atom is 0.385 e. The monoisotopic (exact) mass is 390 g/mol. The van der Waals surface area contributed by atoms with Crippen molar-refractivity contribution in [3.63, 3.8) is 0 Å². The molecule has 9 nitrogen and oxygen atoms in total. The lowest BCUT2D eigenvalue weighted by Crippen LogP contribution is -2.42. The second-order valence-corrected chi connectivity index (χ2v) is 7.07. The van der Waals surface area contributed by atoms with Gasteiger partial charge in [-0.2, -0.15) is 17.8 Å². The van der Waals surface area contributed by atoms with Crippen LogP contribution in [0.1, 0.15) is 16.1 Å². The SMILES string of the molecule is O=C(N/N=C/c1ccc(OS(=O)(=O)N2CCOCC2)cc1)c1ccccn1. The number of morpholine rings is 1. The summed E-state index contributed by atoms with van der Waals surface area (Å²) in [4.78, 5) is 15.7. The van der Waals surface area contributed by atoms with Gasteiger partial charge in [0.15, 0.2) is 0 Å². The number of hydrazone groups is 1. The number of hydrogen-bond donors (Lipinski definition) is 1. The van der Waals surface area contributed by atoms with Gasteiger partial charge >= 0.3 is 10.3 Å². The summed E-state index contributed by atoms with van der Waals surface area (Å²) in [5.74, 6) is -0.237. The number of hydrogen-bond acceptors (Lipinski definition) is 7. The first-order valence-corrected chi connectivity index (χ1v) is 9.53. The van der Waals surface area contributed by atoms with Crippen LogP contribution in [-0.2, 0) is 15.0 Å². The van der Waals surface area contributed by atoms with Crippen LogP contribution < -0.4 is 9.61 Å². The van der Waals surface area contributed by atoms with Crippen molar-refractivity contribution in [3.8, 4) is 5.75 Å². The highest BCUT2D eigenvalue weighted by molar-refractivity contribution is 7.84. The molecule has 1 amide bonds. The topological polar surface area (TPSA) is 110 Å². The van der Waals surface area contributed by atoms with Crippen molar-refractivity contribution < 1.29 is 22.1 Å².